The molecule has 2 aromatic heterocycles. The predicted octanol–water partition coefficient (Wildman–Crippen LogP) is 5.36. The first-order valence-electron chi connectivity index (χ1n) is 9.45. The minimum absolute atomic E-state index is 0.347. The van der Waals surface area contributed by atoms with Crippen molar-refractivity contribution in [1.29, 1.82) is 5.26 Å². The summed E-state index contributed by atoms with van der Waals surface area (Å²) in [4.78, 5) is 9.47. The van der Waals surface area contributed by atoms with E-state index < -0.39 is 0 Å². The summed E-state index contributed by atoms with van der Waals surface area (Å²) in [6.45, 7) is 0. The molecule has 0 atom stereocenters. The maximum Gasteiger partial charge on any atom is 0.162 e. The lowest BCUT2D eigenvalue weighted by Gasteiger charge is -2.10. The molecular weight excluding hydrogens is 384 g/mol. The smallest absolute Gasteiger partial charge is 0.162 e. The van der Waals surface area contributed by atoms with E-state index in [1.165, 1.54) is 12.8 Å². The summed E-state index contributed by atoms with van der Waals surface area (Å²) in [5.74, 6) is 2.54. The third-order valence-corrected chi connectivity index (χ3v) is 5.22. The van der Waals surface area contributed by atoms with Gasteiger partial charge < -0.3 is 5.32 Å². The maximum atomic E-state index is 8.99. The zero-order valence-corrected chi connectivity index (χ0v) is 16.2. The Morgan fingerprint density at radius 1 is 1.14 bits per heavy atom. The third-order valence-electron chi connectivity index (χ3n) is 4.99. The lowest BCUT2D eigenvalue weighted by molar-refractivity contribution is 0.966. The first-order chi connectivity index (χ1) is 14.2. The molecular formula is C22H17ClN6. The van der Waals surface area contributed by atoms with Crippen LogP contribution >= 0.6 is 11.6 Å². The second-order valence-electron chi connectivity index (χ2n) is 7.20. The number of fused-ring (bicyclic) bond motifs is 1. The van der Waals surface area contributed by atoms with Gasteiger partial charge in [0.2, 0.25) is 0 Å². The highest BCUT2D eigenvalue weighted by molar-refractivity contribution is 6.31. The van der Waals surface area contributed by atoms with Crippen LogP contribution in [-0.4, -0.2) is 20.2 Å². The first kappa shape index (κ1) is 17.7. The van der Waals surface area contributed by atoms with Gasteiger partial charge in [0.25, 0.3) is 0 Å². The van der Waals surface area contributed by atoms with Gasteiger partial charge in [0.05, 0.1) is 18.0 Å². The summed E-state index contributed by atoms with van der Waals surface area (Å²) in [7, 11) is 0. The lowest BCUT2D eigenvalue weighted by Crippen LogP contribution is -2.00. The van der Waals surface area contributed by atoms with E-state index >= 15 is 0 Å². The van der Waals surface area contributed by atoms with Crippen molar-refractivity contribution < 1.29 is 0 Å². The minimum Gasteiger partial charge on any atom is -0.323 e. The number of hydrogen-bond acceptors (Lipinski definition) is 5. The van der Waals surface area contributed by atoms with Gasteiger partial charge >= 0.3 is 0 Å². The molecule has 1 aliphatic rings. The molecule has 0 saturated heterocycles. The van der Waals surface area contributed by atoms with E-state index in [0.717, 1.165) is 33.5 Å². The zero-order chi connectivity index (χ0) is 19.8. The number of rotatable bonds is 5. The number of nitriles is 1. The topological polar surface area (TPSA) is 90.3 Å². The zero-order valence-electron chi connectivity index (χ0n) is 15.5. The van der Waals surface area contributed by atoms with E-state index in [1.807, 2.05) is 48.5 Å². The van der Waals surface area contributed by atoms with Crippen molar-refractivity contribution in [2.45, 2.75) is 25.2 Å². The molecule has 6 nitrogen and oxygen atoms in total. The Kier molecular flexibility index (Phi) is 4.38. The highest BCUT2D eigenvalue weighted by atomic mass is 35.5. The quantitative estimate of drug-likeness (QED) is 0.470. The standard InChI is InChI=1S/C22H17ClN6/c23-16-6-7-18-17(11-16)22(26-20-12-19(28-29-20)14-4-5-14)27-21(25-18)15-3-1-2-13(10-15)8-9-24/h1-3,6-7,10-12,14H,4-5,8H2,(H2,25,26,27,28,29). The Morgan fingerprint density at radius 3 is 2.86 bits per heavy atom. The normalized spacial score (nSPS) is 13.4. The highest BCUT2D eigenvalue weighted by Crippen LogP contribution is 2.40. The summed E-state index contributed by atoms with van der Waals surface area (Å²) >= 11 is 6.22. The number of aromatic amines is 1. The van der Waals surface area contributed by atoms with Crippen LogP contribution in [0.5, 0.6) is 0 Å². The van der Waals surface area contributed by atoms with Gasteiger partial charge in [0.15, 0.2) is 11.6 Å². The average molecular weight is 401 g/mol. The number of nitrogens with one attached hydrogen (secondary N) is 2. The van der Waals surface area contributed by atoms with Gasteiger partial charge in [-0.3, -0.25) is 5.10 Å². The van der Waals surface area contributed by atoms with E-state index in [4.69, 9.17) is 26.8 Å². The SMILES string of the molecule is N#CCc1cccc(-c2nc(Nc3cc(C4CC4)[nH]n3)c3cc(Cl)ccc3n2)c1. The van der Waals surface area contributed by atoms with Crippen LogP contribution in [0.4, 0.5) is 11.6 Å². The molecule has 0 amide bonds. The molecule has 4 aromatic rings. The number of nitrogens with zero attached hydrogens (tertiary/aromatic N) is 4. The number of hydrogen-bond donors (Lipinski definition) is 2. The van der Waals surface area contributed by atoms with Gasteiger partial charge in [-0.1, -0.05) is 29.8 Å². The lowest BCUT2D eigenvalue weighted by atomic mass is 10.1. The van der Waals surface area contributed by atoms with Crippen molar-refractivity contribution in [3.8, 4) is 17.5 Å². The largest absolute Gasteiger partial charge is 0.323 e. The second-order valence-corrected chi connectivity index (χ2v) is 7.64. The summed E-state index contributed by atoms with van der Waals surface area (Å²) in [6, 6.07) is 17.5. The Balaban J connectivity index is 1.59. The number of aromatic nitrogens is 4. The fourth-order valence-electron chi connectivity index (χ4n) is 3.36. The van der Waals surface area contributed by atoms with Gasteiger partial charge in [-0.2, -0.15) is 10.4 Å². The average Bonchev–Trinajstić information content (AvgIpc) is 3.48. The van der Waals surface area contributed by atoms with Crippen LogP contribution in [0.1, 0.15) is 30.0 Å². The molecule has 0 bridgehead atoms. The van der Waals surface area contributed by atoms with Crippen LogP contribution in [-0.2, 0) is 6.42 Å². The van der Waals surface area contributed by atoms with Gasteiger partial charge in [-0.25, -0.2) is 9.97 Å². The molecule has 0 spiro atoms. The fourth-order valence-corrected chi connectivity index (χ4v) is 3.53. The van der Waals surface area contributed by atoms with Crippen molar-refractivity contribution in [2.24, 2.45) is 0 Å². The monoisotopic (exact) mass is 400 g/mol. The van der Waals surface area contributed by atoms with Gasteiger partial charge in [0.1, 0.15) is 5.82 Å². The summed E-state index contributed by atoms with van der Waals surface area (Å²) in [5.41, 5.74) is 3.72. The fraction of sp³-hybridized carbons (Fsp3) is 0.182. The Hall–Kier alpha value is -3.43. The molecule has 2 N–H and O–H groups in total. The van der Waals surface area contributed by atoms with E-state index in [9.17, 15) is 0 Å². The molecule has 0 aliphatic heterocycles. The van der Waals surface area contributed by atoms with Gasteiger partial charge in [-0.05, 0) is 42.7 Å². The van der Waals surface area contributed by atoms with Crippen LogP contribution in [0.25, 0.3) is 22.3 Å². The van der Waals surface area contributed by atoms with Crippen molar-refractivity contribution >= 4 is 34.1 Å². The molecule has 1 aliphatic carbocycles. The Labute approximate surface area is 172 Å². The summed E-state index contributed by atoms with van der Waals surface area (Å²) < 4.78 is 0. The number of benzene rings is 2. The predicted molar refractivity (Wildman–Crippen MR) is 113 cm³/mol. The number of anilines is 2. The van der Waals surface area contributed by atoms with E-state index in [0.29, 0.717) is 29.0 Å². The van der Waals surface area contributed by atoms with Crippen LogP contribution < -0.4 is 5.32 Å². The molecule has 2 heterocycles. The first-order valence-corrected chi connectivity index (χ1v) is 9.83. The highest BCUT2D eigenvalue weighted by Gasteiger charge is 2.25. The molecule has 2 aromatic carbocycles. The van der Waals surface area contributed by atoms with Crippen molar-refractivity contribution in [3.05, 3.63) is 64.8 Å². The molecule has 0 unspecified atom stereocenters. The van der Waals surface area contributed by atoms with E-state index in [2.05, 4.69) is 21.6 Å². The van der Waals surface area contributed by atoms with Crippen LogP contribution in [0.3, 0.4) is 0 Å². The molecule has 7 heteroatoms. The Bertz CT molecular complexity index is 1250. The number of halogens is 1. The van der Waals surface area contributed by atoms with Crippen molar-refractivity contribution in [1.82, 2.24) is 20.2 Å². The Morgan fingerprint density at radius 2 is 2.03 bits per heavy atom. The molecule has 0 radical (unpaired) electrons. The van der Waals surface area contributed by atoms with Crippen LogP contribution in [0.2, 0.25) is 5.02 Å². The summed E-state index contributed by atoms with van der Waals surface area (Å²) in [6.07, 6.45) is 2.76. The molecule has 1 saturated carbocycles. The third kappa shape index (κ3) is 3.65. The van der Waals surface area contributed by atoms with Crippen LogP contribution in [0.15, 0.2) is 48.5 Å². The summed E-state index contributed by atoms with van der Waals surface area (Å²) in [5, 5.41) is 21.2. The van der Waals surface area contributed by atoms with Crippen molar-refractivity contribution in [2.75, 3.05) is 5.32 Å². The maximum absolute atomic E-state index is 8.99. The second kappa shape index (κ2) is 7.19. The minimum atomic E-state index is 0.347. The number of H-pyrrole nitrogens is 1. The van der Waals surface area contributed by atoms with Gasteiger partial charge in [0, 0.05) is 33.7 Å². The molecule has 1 fully saturated rings. The van der Waals surface area contributed by atoms with Crippen molar-refractivity contribution in [3.63, 3.8) is 0 Å². The molecule has 142 valence electrons. The van der Waals surface area contributed by atoms with Crippen LogP contribution in [0, 0.1) is 11.3 Å². The van der Waals surface area contributed by atoms with E-state index in [1.54, 1.807) is 0 Å². The van der Waals surface area contributed by atoms with E-state index in [-0.39, 0.29) is 0 Å². The van der Waals surface area contributed by atoms with Gasteiger partial charge in [-0.15, -0.1) is 0 Å². The molecule has 29 heavy (non-hydrogen) atoms. The molecule has 5 rings (SSSR count).